The lowest BCUT2D eigenvalue weighted by Gasteiger charge is -2.22. The highest BCUT2D eigenvalue weighted by molar-refractivity contribution is 5.91. The zero-order chi connectivity index (χ0) is 21.6. The third-order valence-corrected chi connectivity index (χ3v) is 5.99. The number of carbonyl (C=O) groups is 1. The second kappa shape index (κ2) is 7.49. The van der Waals surface area contributed by atoms with Crippen LogP contribution in [0.25, 0.3) is 22.0 Å². The Labute approximate surface area is 172 Å². The van der Waals surface area contributed by atoms with Gasteiger partial charge in [0.1, 0.15) is 11.6 Å². The number of nitrogens with zero attached hydrogens (tertiary/aromatic N) is 1. The van der Waals surface area contributed by atoms with Crippen LogP contribution in [-0.4, -0.2) is 44.7 Å². The maximum Gasteiger partial charge on any atom is 0.255 e. The Bertz CT molecular complexity index is 1120. The van der Waals surface area contributed by atoms with Crippen molar-refractivity contribution in [1.82, 2.24) is 9.88 Å². The number of hydrogen-bond donors (Lipinski definition) is 3. The molecule has 3 N–H and O–H groups in total. The van der Waals surface area contributed by atoms with Crippen molar-refractivity contribution in [3.8, 4) is 11.1 Å². The lowest BCUT2D eigenvalue weighted by atomic mass is 10.0. The zero-order valence-electron chi connectivity index (χ0n) is 16.9. The molecule has 1 fully saturated rings. The summed E-state index contributed by atoms with van der Waals surface area (Å²) in [5.74, 6) is -1.78. The van der Waals surface area contributed by atoms with E-state index in [9.17, 15) is 18.7 Å². The van der Waals surface area contributed by atoms with E-state index in [1.54, 1.807) is 23.1 Å². The summed E-state index contributed by atoms with van der Waals surface area (Å²) in [5.41, 5.74) is 0.592. The van der Waals surface area contributed by atoms with Crippen LogP contribution in [0.2, 0.25) is 0 Å². The maximum absolute atomic E-state index is 14.8. The van der Waals surface area contributed by atoms with Crippen molar-refractivity contribution in [3.63, 3.8) is 0 Å². The molecule has 5 nitrogen and oxygen atoms in total. The monoisotopic (exact) mass is 414 g/mol. The van der Waals surface area contributed by atoms with Gasteiger partial charge in [0, 0.05) is 35.7 Å². The first-order chi connectivity index (χ1) is 14.3. The van der Waals surface area contributed by atoms with E-state index in [0.717, 1.165) is 0 Å². The van der Waals surface area contributed by atoms with E-state index in [1.807, 2.05) is 13.8 Å². The van der Waals surface area contributed by atoms with Gasteiger partial charge in [-0.15, -0.1) is 0 Å². The lowest BCUT2D eigenvalue weighted by Crippen LogP contribution is -2.41. The van der Waals surface area contributed by atoms with Crippen molar-refractivity contribution in [3.05, 3.63) is 59.3 Å². The predicted octanol–water partition coefficient (Wildman–Crippen LogP) is 3.69. The molecule has 2 atom stereocenters. The molecule has 1 aliphatic rings. The van der Waals surface area contributed by atoms with Crippen LogP contribution < -0.4 is 0 Å². The Kier molecular flexibility index (Phi) is 5.11. The van der Waals surface area contributed by atoms with Gasteiger partial charge in [-0.1, -0.05) is 12.1 Å². The number of benzene rings is 2. The molecule has 0 spiro atoms. The van der Waals surface area contributed by atoms with Crippen LogP contribution in [-0.2, 0) is 11.4 Å². The van der Waals surface area contributed by atoms with Gasteiger partial charge in [-0.3, -0.25) is 4.79 Å². The fourth-order valence-electron chi connectivity index (χ4n) is 4.07. The van der Waals surface area contributed by atoms with E-state index in [-0.39, 0.29) is 23.4 Å². The molecule has 0 bridgehead atoms. The first-order valence-corrected chi connectivity index (χ1v) is 10.1. The molecule has 4 rings (SSSR count). The second-order valence-electron chi connectivity index (χ2n) is 7.77. The zero-order valence-corrected chi connectivity index (χ0v) is 16.9. The molecule has 30 heavy (non-hydrogen) atoms. The number of halogens is 2. The van der Waals surface area contributed by atoms with Gasteiger partial charge in [0.25, 0.3) is 5.91 Å². The number of aliphatic hydroxyl groups excluding tert-OH is 1. The molecule has 0 aliphatic heterocycles. The summed E-state index contributed by atoms with van der Waals surface area (Å²) in [6, 6.07) is 9.15. The van der Waals surface area contributed by atoms with Crippen LogP contribution in [0.15, 0.2) is 36.4 Å². The highest BCUT2D eigenvalue weighted by Crippen LogP contribution is 2.52. The van der Waals surface area contributed by atoms with Gasteiger partial charge in [0.05, 0.1) is 12.1 Å². The number of fused-ring (bicyclic) bond motifs is 1. The van der Waals surface area contributed by atoms with Crippen molar-refractivity contribution in [2.24, 2.45) is 0 Å². The molecular weight excluding hydrogens is 390 g/mol. The van der Waals surface area contributed by atoms with Gasteiger partial charge in [0.15, 0.2) is 5.60 Å². The summed E-state index contributed by atoms with van der Waals surface area (Å²) >= 11 is 0. The number of rotatable bonds is 6. The molecule has 1 saturated carbocycles. The van der Waals surface area contributed by atoms with E-state index in [0.29, 0.717) is 35.3 Å². The molecule has 7 heteroatoms. The van der Waals surface area contributed by atoms with Crippen molar-refractivity contribution in [1.29, 1.82) is 0 Å². The van der Waals surface area contributed by atoms with Gasteiger partial charge >= 0.3 is 0 Å². The average Bonchev–Trinajstić information content (AvgIpc) is 3.24. The van der Waals surface area contributed by atoms with Crippen LogP contribution in [0.4, 0.5) is 8.78 Å². The van der Waals surface area contributed by atoms with Crippen molar-refractivity contribution in [2.75, 3.05) is 13.1 Å². The van der Waals surface area contributed by atoms with E-state index >= 15 is 0 Å². The average molecular weight is 414 g/mol. The van der Waals surface area contributed by atoms with Crippen molar-refractivity contribution < 1.29 is 23.8 Å². The number of aliphatic hydroxyl groups is 2. The van der Waals surface area contributed by atoms with Gasteiger partial charge in [-0.2, -0.15) is 0 Å². The fourth-order valence-corrected chi connectivity index (χ4v) is 4.07. The molecular formula is C23H24F2N2O3. The molecule has 1 heterocycles. The molecule has 2 aromatic carbocycles. The standard InChI is InChI=1S/C23H24F2N2O3/c1-3-27(4-2)22(29)23(30)11-17(23)20-10-16-7-15(9-19(25)21(16)26-20)13-5-6-14(12-28)18(24)8-13/h5-10,17,26,28,30H,3-4,11-12H2,1-2H3. The van der Waals surface area contributed by atoms with Gasteiger partial charge in [0.2, 0.25) is 0 Å². The topological polar surface area (TPSA) is 76.6 Å². The number of aromatic nitrogens is 1. The molecule has 3 aromatic rings. The summed E-state index contributed by atoms with van der Waals surface area (Å²) in [4.78, 5) is 17.2. The van der Waals surface area contributed by atoms with Crippen molar-refractivity contribution >= 4 is 16.8 Å². The third-order valence-electron chi connectivity index (χ3n) is 5.99. The molecule has 1 aliphatic carbocycles. The molecule has 2 unspecified atom stereocenters. The summed E-state index contributed by atoms with van der Waals surface area (Å²) < 4.78 is 28.8. The molecule has 1 amide bonds. The predicted molar refractivity (Wildman–Crippen MR) is 110 cm³/mol. The number of amides is 1. The minimum absolute atomic E-state index is 0.176. The smallest absolute Gasteiger partial charge is 0.255 e. The van der Waals surface area contributed by atoms with Crippen LogP contribution in [0, 0.1) is 11.6 Å². The number of carbonyl (C=O) groups excluding carboxylic acids is 1. The van der Waals surface area contributed by atoms with Crippen LogP contribution in [0.5, 0.6) is 0 Å². The van der Waals surface area contributed by atoms with Gasteiger partial charge in [-0.05, 0) is 55.7 Å². The largest absolute Gasteiger partial charge is 0.392 e. The van der Waals surface area contributed by atoms with Crippen LogP contribution >= 0.6 is 0 Å². The van der Waals surface area contributed by atoms with Gasteiger partial charge < -0.3 is 20.1 Å². The summed E-state index contributed by atoms with van der Waals surface area (Å²) in [6.45, 7) is 4.34. The highest BCUT2D eigenvalue weighted by atomic mass is 19.1. The summed E-state index contributed by atoms with van der Waals surface area (Å²) in [6.07, 6.45) is 0.289. The molecule has 0 radical (unpaired) electrons. The lowest BCUT2D eigenvalue weighted by molar-refractivity contribution is -0.142. The number of likely N-dealkylation sites (N-methyl/N-ethyl adjacent to an activating group) is 1. The maximum atomic E-state index is 14.8. The van der Waals surface area contributed by atoms with E-state index in [2.05, 4.69) is 4.98 Å². The van der Waals surface area contributed by atoms with Crippen LogP contribution in [0.3, 0.4) is 0 Å². The quantitative estimate of drug-likeness (QED) is 0.576. The molecule has 0 saturated heterocycles. The number of nitrogens with one attached hydrogen (secondary N) is 1. The molecule has 1 aromatic heterocycles. The Balaban J connectivity index is 1.67. The van der Waals surface area contributed by atoms with E-state index in [4.69, 9.17) is 5.11 Å². The summed E-state index contributed by atoms with van der Waals surface area (Å²) in [5, 5.41) is 20.5. The second-order valence-corrected chi connectivity index (χ2v) is 7.77. The van der Waals surface area contributed by atoms with Crippen LogP contribution in [0.1, 0.15) is 37.4 Å². The number of aromatic amines is 1. The third kappa shape index (κ3) is 3.28. The first-order valence-electron chi connectivity index (χ1n) is 10.1. The minimum atomic E-state index is -1.46. The Morgan fingerprint density at radius 2 is 1.83 bits per heavy atom. The van der Waals surface area contributed by atoms with Crippen molar-refractivity contribution in [2.45, 2.75) is 38.4 Å². The van der Waals surface area contributed by atoms with E-state index in [1.165, 1.54) is 18.2 Å². The normalized spacial score (nSPS) is 20.5. The minimum Gasteiger partial charge on any atom is -0.392 e. The fraction of sp³-hybridized carbons (Fsp3) is 0.348. The Hall–Kier alpha value is -2.77. The summed E-state index contributed by atoms with van der Waals surface area (Å²) in [7, 11) is 0. The van der Waals surface area contributed by atoms with E-state index < -0.39 is 29.8 Å². The Morgan fingerprint density at radius 1 is 1.13 bits per heavy atom. The number of hydrogen-bond acceptors (Lipinski definition) is 3. The van der Waals surface area contributed by atoms with Gasteiger partial charge in [-0.25, -0.2) is 8.78 Å². The first kappa shape index (κ1) is 20.5. The Morgan fingerprint density at radius 3 is 2.47 bits per heavy atom. The molecule has 158 valence electrons. The highest BCUT2D eigenvalue weighted by Gasteiger charge is 2.61. The SMILES string of the molecule is CCN(CC)C(=O)C1(O)CC1c1cc2cc(-c3ccc(CO)c(F)c3)cc(F)c2[nH]1. The number of H-pyrrole nitrogens is 1.